The van der Waals surface area contributed by atoms with Crippen molar-refractivity contribution in [1.29, 1.82) is 0 Å². The lowest BCUT2D eigenvalue weighted by Gasteiger charge is -2.29. The maximum absolute atomic E-state index is 11.5. The topological polar surface area (TPSA) is 67.8 Å². The van der Waals surface area contributed by atoms with Gasteiger partial charge in [-0.2, -0.15) is 0 Å². The lowest BCUT2D eigenvalue weighted by atomic mass is 9.94. The Bertz CT molecular complexity index is 808. The molecule has 2 aromatic rings. The summed E-state index contributed by atoms with van der Waals surface area (Å²) >= 11 is 0. The molecule has 31 heavy (non-hydrogen) atoms. The van der Waals surface area contributed by atoms with E-state index in [9.17, 15) is 9.90 Å². The van der Waals surface area contributed by atoms with Crippen molar-refractivity contribution in [3.63, 3.8) is 0 Å². The number of carboxylic acid groups (broad SMARTS) is 1. The molecule has 0 aliphatic heterocycles. The third-order valence-electron chi connectivity index (χ3n) is 5.92. The number of nitrogens with one attached hydrogen (secondary N) is 1. The first-order valence-corrected chi connectivity index (χ1v) is 11.4. The maximum atomic E-state index is 11.5. The van der Waals surface area contributed by atoms with Gasteiger partial charge in [0, 0.05) is 6.54 Å². The number of aryl methyl sites for hydroxylation is 2. The standard InChI is InChI=1S/C26H35NO4/c1-20-8-5-12-22(25(20)26(28)29)19-31-24-14-6-13-23(18-24)30-17-16-27-15-7-11-21-9-3-2-4-10-21/h2-5,8-10,12,23-24,27H,6-7,11,13-19H2,1H3,(H,28,29)/t23-,24?/m0/s1. The molecule has 0 aromatic heterocycles. The second kappa shape index (κ2) is 12.6. The van der Waals surface area contributed by atoms with Gasteiger partial charge in [-0.15, -0.1) is 0 Å². The van der Waals surface area contributed by atoms with Crippen LogP contribution in [0.15, 0.2) is 48.5 Å². The van der Waals surface area contributed by atoms with E-state index in [-0.39, 0.29) is 12.2 Å². The van der Waals surface area contributed by atoms with Crippen LogP contribution in [0.5, 0.6) is 0 Å². The molecule has 0 heterocycles. The predicted octanol–water partition coefficient (Wildman–Crippen LogP) is 4.76. The zero-order chi connectivity index (χ0) is 21.9. The molecule has 2 N–H and O–H groups in total. The molecule has 2 atom stereocenters. The predicted molar refractivity (Wildman–Crippen MR) is 123 cm³/mol. The van der Waals surface area contributed by atoms with Gasteiger partial charge in [-0.05, 0) is 68.7 Å². The summed E-state index contributed by atoms with van der Waals surface area (Å²) in [5.74, 6) is -0.891. The summed E-state index contributed by atoms with van der Waals surface area (Å²) in [6.07, 6.45) is 6.61. The Kier molecular flexibility index (Phi) is 9.53. The third-order valence-corrected chi connectivity index (χ3v) is 5.92. The summed E-state index contributed by atoms with van der Waals surface area (Å²) in [6.45, 7) is 4.74. The molecule has 5 heteroatoms. The van der Waals surface area contributed by atoms with Crippen molar-refractivity contribution in [2.24, 2.45) is 0 Å². The average Bonchev–Trinajstić information content (AvgIpc) is 2.78. The van der Waals surface area contributed by atoms with Gasteiger partial charge in [-0.1, -0.05) is 48.5 Å². The van der Waals surface area contributed by atoms with E-state index < -0.39 is 5.97 Å². The summed E-state index contributed by atoms with van der Waals surface area (Å²) in [6, 6.07) is 16.1. The van der Waals surface area contributed by atoms with Crippen molar-refractivity contribution in [1.82, 2.24) is 5.32 Å². The highest BCUT2D eigenvalue weighted by Gasteiger charge is 2.24. The summed E-state index contributed by atoms with van der Waals surface area (Å²) < 4.78 is 12.2. The highest BCUT2D eigenvalue weighted by Crippen LogP contribution is 2.25. The van der Waals surface area contributed by atoms with Crippen LogP contribution in [0, 0.1) is 6.92 Å². The fourth-order valence-corrected chi connectivity index (χ4v) is 4.25. The van der Waals surface area contributed by atoms with Crippen molar-refractivity contribution in [3.05, 3.63) is 70.8 Å². The molecular formula is C26H35NO4. The molecule has 3 rings (SSSR count). The van der Waals surface area contributed by atoms with Gasteiger partial charge in [0.2, 0.25) is 0 Å². The average molecular weight is 426 g/mol. The van der Waals surface area contributed by atoms with Gasteiger partial charge in [0.15, 0.2) is 0 Å². The second-order valence-corrected chi connectivity index (χ2v) is 8.35. The van der Waals surface area contributed by atoms with E-state index in [1.165, 1.54) is 5.56 Å². The van der Waals surface area contributed by atoms with Crippen LogP contribution in [0.1, 0.15) is 59.2 Å². The SMILES string of the molecule is Cc1cccc(COC2CCC[C@H](OCCNCCCc3ccccc3)C2)c1C(=O)O. The van der Waals surface area contributed by atoms with Crippen LogP contribution in [-0.2, 0) is 22.5 Å². The van der Waals surface area contributed by atoms with Gasteiger partial charge >= 0.3 is 5.97 Å². The summed E-state index contributed by atoms with van der Waals surface area (Å²) in [5, 5.41) is 12.9. The fraction of sp³-hybridized carbons (Fsp3) is 0.500. The minimum Gasteiger partial charge on any atom is -0.478 e. The van der Waals surface area contributed by atoms with Crippen molar-refractivity contribution in [2.75, 3.05) is 19.7 Å². The molecule has 0 spiro atoms. The number of rotatable bonds is 12. The molecule has 1 unspecified atom stereocenters. The lowest BCUT2D eigenvalue weighted by Crippen LogP contribution is -2.31. The number of benzene rings is 2. The first kappa shape index (κ1) is 23.5. The monoisotopic (exact) mass is 425 g/mol. The summed E-state index contributed by atoms with van der Waals surface area (Å²) in [5.41, 5.74) is 3.27. The quantitative estimate of drug-likeness (QED) is 0.480. The van der Waals surface area contributed by atoms with E-state index in [1.54, 1.807) is 0 Å². The molecule has 0 amide bonds. The van der Waals surface area contributed by atoms with Crippen molar-refractivity contribution in [3.8, 4) is 0 Å². The first-order valence-electron chi connectivity index (χ1n) is 11.4. The number of hydrogen-bond donors (Lipinski definition) is 2. The van der Waals surface area contributed by atoms with Crippen molar-refractivity contribution >= 4 is 5.97 Å². The number of carbonyl (C=O) groups is 1. The zero-order valence-corrected chi connectivity index (χ0v) is 18.5. The van der Waals surface area contributed by atoms with E-state index in [4.69, 9.17) is 9.47 Å². The van der Waals surface area contributed by atoms with Gasteiger partial charge < -0.3 is 19.9 Å². The van der Waals surface area contributed by atoms with Crippen LogP contribution in [0.3, 0.4) is 0 Å². The molecule has 1 fully saturated rings. The second-order valence-electron chi connectivity index (χ2n) is 8.35. The number of aromatic carboxylic acids is 1. The van der Waals surface area contributed by atoms with E-state index >= 15 is 0 Å². The Morgan fingerprint density at radius 2 is 1.81 bits per heavy atom. The molecule has 1 aliphatic rings. The Balaban J connectivity index is 1.31. The van der Waals surface area contributed by atoms with Crippen LogP contribution < -0.4 is 5.32 Å². The van der Waals surface area contributed by atoms with Crippen LogP contribution in [-0.4, -0.2) is 43.0 Å². The van der Waals surface area contributed by atoms with E-state index in [2.05, 4.69) is 35.6 Å². The molecule has 0 radical (unpaired) electrons. The maximum Gasteiger partial charge on any atom is 0.336 e. The Hall–Kier alpha value is -2.21. The van der Waals surface area contributed by atoms with E-state index in [0.29, 0.717) is 18.8 Å². The Morgan fingerprint density at radius 3 is 2.58 bits per heavy atom. The third kappa shape index (κ3) is 7.76. The van der Waals surface area contributed by atoms with Gasteiger partial charge in [0.1, 0.15) is 0 Å². The van der Waals surface area contributed by atoms with E-state index in [0.717, 1.165) is 62.7 Å². The molecule has 0 bridgehead atoms. The van der Waals surface area contributed by atoms with Crippen LogP contribution in [0.2, 0.25) is 0 Å². The first-order chi connectivity index (χ1) is 15.1. The van der Waals surface area contributed by atoms with E-state index in [1.807, 2.05) is 25.1 Å². The lowest BCUT2D eigenvalue weighted by molar-refractivity contribution is -0.0495. The van der Waals surface area contributed by atoms with Gasteiger partial charge in [0.05, 0.1) is 31.0 Å². The van der Waals surface area contributed by atoms with Gasteiger partial charge in [-0.3, -0.25) is 0 Å². The summed E-state index contributed by atoms with van der Waals surface area (Å²) in [4.78, 5) is 11.5. The molecule has 0 saturated heterocycles. The van der Waals surface area contributed by atoms with Crippen molar-refractivity contribution < 1.29 is 19.4 Å². The van der Waals surface area contributed by atoms with Gasteiger partial charge in [0.25, 0.3) is 0 Å². The highest BCUT2D eigenvalue weighted by atomic mass is 16.5. The Labute approximate surface area is 185 Å². The van der Waals surface area contributed by atoms with Crippen LogP contribution in [0.25, 0.3) is 0 Å². The number of hydrogen-bond acceptors (Lipinski definition) is 4. The molecular weight excluding hydrogens is 390 g/mol. The normalized spacial score (nSPS) is 18.7. The summed E-state index contributed by atoms with van der Waals surface area (Å²) in [7, 11) is 0. The molecule has 1 aliphatic carbocycles. The number of ether oxygens (including phenoxy) is 2. The smallest absolute Gasteiger partial charge is 0.336 e. The minimum atomic E-state index is -0.891. The number of carboxylic acids is 1. The molecule has 1 saturated carbocycles. The Morgan fingerprint density at radius 1 is 1.03 bits per heavy atom. The fourth-order valence-electron chi connectivity index (χ4n) is 4.25. The van der Waals surface area contributed by atoms with Crippen LogP contribution in [0.4, 0.5) is 0 Å². The zero-order valence-electron chi connectivity index (χ0n) is 18.5. The molecule has 5 nitrogen and oxygen atoms in total. The largest absolute Gasteiger partial charge is 0.478 e. The molecule has 168 valence electrons. The highest BCUT2D eigenvalue weighted by molar-refractivity contribution is 5.91. The molecule has 2 aromatic carbocycles. The van der Waals surface area contributed by atoms with Crippen LogP contribution >= 0.6 is 0 Å². The minimum absolute atomic E-state index is 0.125. The van der Waals surface area contributed by atoms with Gasteiger partial charge in [-0.25, -0.2) is 4.79 Å². The van der Waals surface area contributed by atoms with Crippen molar-refractivity contribution in [2.45, 2.75) is 64.3 Å².